The minimum Gasteiger partial charge on any atom is -0.397 e. The molecule has 0 aromatic carbocycles. The fourth-order valence-electron chi connectivity index (χ4n) is 1.86. The molecule has 1 aromatic heterocycles. The number of carbonyl (C=O) groups excluding carboxylic acids is 1. The van der Waals surface area contributed by atoms with Gasteiger partial charge in [0.1, 0.15) is 5.69 Å². The summed E-state index contributed by atoms with van der Waals surface area (Å²) in [7, 11) is 2.11. The van der Waals surface area contributed by atoms with Crippen molar-refractivity contribution < 1.29 is 4.79 Å². The number of nitrogens with zero attached hydrogens (tertiary/aromatic N) is 2. The zero-order valence-electron chi connectivity index (χ0n) is 11.7. The minimum atomic E-state index is -0.147. The summed E-state index contributed by atoms with van der Waals surface area (Å²) < 4.78 is 0. The van der Waals surface area contributed by atoms with E-state index in [1.165, 1.54) is 19.0 Å². The molecule has 1 atom stereocenters. The fraction of sp³-hybridized carbons (Fsp3) is 0.538. The number of likely N-dealkylation sites (N-methyl/N-ethyl adjacent to an activating group) is 1. The van der Waals surface area contributed by atoms with Gasteiger partial charge in [0.15, 0.2) is 0 Å². The molecule has 0 radical (unpaired) electrons. The number of nitrogens with two attached hydrogens (primary N) is 1. The Morgan fingerprint density at radius 1 is 1.50 bits per heavy atom. The van der Waals surface area contributed by atoms with Crippen molar-refractivity contribution in [3.8, 4) is 0 Å². The number of nitrogens with one attached hydrogen (secondary N) is 1. The summed E-state index contributed by atoms with van der Waals surface area (Å²) in [5.41, 5.74) is 6.50. The molecule has 1 amide bonds. The average Bonchev–Trinajstić information content (AvgIpc) is 3.19. The fourth-order valence-corrected chi connectivity index (χ4v) is 1.86. The summed E-state index contributed by atoms with van der Waals surface area (Å²) in [6.07, 6.45) is 4.04. The summed E-state index contributed by atoms with van der Waals surface area (Å²) in [6.45, 7) is 2.76. The third-order valence-electron chi connectivity index (χ3n) is 3.40. The van der Waals surface area contributed by atoms with E-state index >= 15 is 0 Å². The Kier molecular flexibility index (Phi) is 7.86. The molecule has 0 bridgehead atoms. The van der Waals surface area contributed by atoms with Crippen molar-refractivity contribution in [1.29, 1.82) is 0 Å². The highest BCUT2D eigenvalue weighted by molar-refractivity contribution is 5.92. The van der Waals surface area contributed by atoms with Gasteiger partial charge in [-0.3, -0.25) is 9.69 Å². The number of halogens is 2. The predicted octanol–water partition coefficient (Wildman–Crippen LogP) is 1.72. The molecule has 0 aliphatic heterocycles. The Labute approximate surface area is 132 Å². The molecular weight excluding hydrogens is 299 g/mol. The van der Waals surface area contributed by atoms with Gasteiger partial charge in [0.25, 0.3) is 5.91 Å². The van der Waals surface area contributed by atoms with Gasteiger partial charge in [-0.1, -0.05) is 0 Å². The third-order valence-corrected chi connectivity index (χ3v) is 3.40. The lowest BCUT2D eigenvalue weighted by Crippen LogP contribution is -2.41. The Morgan fingerprint density at radius 3 is 2.65 bits per heavy atom. The molecule has 0 saturated heterocycles. The number of hydrogen-bond donors (Lipinski definition) is 2. The minimum absolute atomic E-state index is 0. The molecule has 1 aromatic rings. The smallest absolute Gasteiger partial charge is 0.269 e. The zero-order valence-corrected chi connectivity index (χ0v) is 13.3. The molecule has 1 unspecified atom stereocenters. The van der Waals surface area contributed by atoms with Gasteiger partial charge in [0.2, 0.25) is 0 Å². The standard InChI is InChI=1S/C13H20N4O.2ClH/c1-9(17(2)11-4-5-11)7-16-13(18)12-6-3-10(14)8-15-12;;/h3,6,8-9,11H,4-5,7,14H2,1-2H3,(H,16,18);2*1H. The van der Waals surface area contributed by atoms with Crippen molar-refractivity contribution in [2.75, 3.05) is 19.3 Å². The Bertz CT molecular complexity index is 423. The first kappa shape index (κ1) is 19.0. The molecule has 20 heavy (non-hydrogen) atoms. The quantitative estimate of drug-likeness (QED) is 0.866. The maximum atomic E-state index is 11.8. The van der Waals surface area contributed by atoms with Crippen molar-refractivity contribution in [1.82, 2.24) is 15.2 Å². The van der Waals surface area contributed by atoms with Crippen LogP contribution >= 0.6 is 24.8 Å². The number of carbonyl (C=O) groups is 1. The maximum Gasteiger partial charge on any atom is 0.269 e. The van der Waals surface area contributed by atoms with Crippen molar-refractivity contribution in [2.45, 2.75) is 31.8 Å². The molecule has 1 saturated carbocycles. The first-order chi connectivity index (χ1) is 8.58. The molecular formula is C13H22Cl2N4O. The molecule has 114 valence electrons. The van der Waals surface area contributed by atoms with Crippen LogP contribution in [-0.4, -0.2) is 41.5 Å². The van der Waals surface area contributed by atoms with E-state index in [1.54, 1.807) is 12.1 Å². The number of rotatable bonds is 5. The Hall–Kier alpha value is -1.04. The van der Waals surface area contributed by atoms with Gasteiger partial charge in [-0.15, -0.1) is 24.8 Å². The van der Waals surface area contributed by atoms with E-state index < -0.39 is 0 Å². The SMILES string of the molecule is CC(CNC(=O)c1ccc(N)cn1)N(C)C1CC1.Cl.Cl. The monoisotopic (exact) mass is 320 g/mol. The largest absolute Gasteiger partial charge is 0.397 e. The van der Waals surface area contributed by atoms with Gasteiger partial charge in [-0.05, 0) is 38.9 Å². The summed E-state index contributed by atoms with van der Waals surface area (Å²) >= 11 is 0. The van der Waals surface area contributed by atoms with Gasteiger partial charge >= 0.3 is 0 Å². The summed E-state index contributed by atoms with van der Waals surface area (Å²) in [5, 5.41) is 2.90. The van der Waals surface area contributed by atoms with Crippen LogP contribution in [0.3, 0.4) is 0 Å². The van der Waals surface area contributed by atoms with Gasteiger partial charge in [-0.25, -0.2) is 4.98 Å². The number of hydrogen-bond acceptors (Lipinski definition) is 4. The van der Waals surface area contributed by atoms with Crippen molar-refractivity contribution >= 4 is 36.4 Å². The first-order valence-electron chi connectivity index (χ1n) is 6.29. The molecule has 2 rings (SSSR count). The summed E-state index contributed by atoms with van der Waals surface area (Å²) in [5.74, 6) is -0.147. The zero-order chi connectivity index (χ0) is 13.1. The molecule has 5 nitrogen and oxygen atoms in total. The Morgan fingerprint density at radius 2 is 2.15 bits per heavy atom. The summed E-state index contributed by atoms with van der Waals surface area (Å²) in [6, 6.07) is 4.36. The second-order valence-corrected chi connectivity index (χ2v) is 4.93. The summed E-state index contributed by atoms with van der Waals surface area (Å²) in [4.78, 5) is 18.1. The number of aromatic nitrogens is 1. The van der Waals surface area contributed by atoms with Gasteiger partial charge < -0.3 is 11.1 Å². The predicted molar refractivity (Wildman–Crippen MR) is 85.7 cm³/mol. The van der Waals surface area contributed by atoms with E-state index in [0.717, 1.165) is 0 Å². The number of pyridine rings is 1. The molecule has 1 heterocycles. The van der Waals surface area contributed by atoms with Crippen molar-refractivity contribution in [3.05, 3.63) is 24.0 Å². The van der Waals surface area contributed by atoms with E-state index in [-0.39, 0.29) is 30.7 Å². The van der Waals surface area contributed by atoms with Crippen LogP contribution in [0.4, 0.5) is 5.69 Å². The van der Waals surface area contributed by atoms with E-state index in [0.29, 0.717) is 30.0 Å². The Balaban J connectivity index is 0.00000180. The molecule has 0 spiro atoms. The number of nitrogen functional groups attached to an aromatic ring is 1. The third kappa shape index (κ3) is 5.15. The highest BCUT2D eigenvalue weighted by Gasteiger charge is 2.29. The topological polar surface area (TPSA) is 71.2 Å². The van der Waals surface area contributed by atoms with Gasteiger partial charge in [0.05, 0.1) is 11.9 Å². The highest BCUT2D eigenvalue weighted by Crippen LogP contribution is 2.26. The molecule has 1 aliphatic rings. The van der Waals surface area contributed by atoms with Gasteiger partial charge in [0, 0.05) is 18.6 Å². The van der Waals surface area contributed by atoms with Crippen LogP contribution in [0.1, 0.15) is 30.3 Å². The second kappa shape index (κ2) is 8.29. The van der Waals surface area contributed by atoms with E-state index in [4.69, 9.17) is 5.73 Å². The van der Waals surface area contributed by atoms with E-state index in [1.807, 2.05) is 0 Å². The lowest BCUT2D eigenvalue weighted by molar-refractivity contribution is 0.0934. The lowest BCUT2D eigenvalue weighted by Gasteiger charge is -2.24. The number of anilines is 1. The van der Waals surface area contributed by atoms with Crippen LogP contribution in [-0.2, 0) is 0 Å². The van der Waals surface area contributed by atoms with Crippen LogP contribution in [0.2, 0.25) is 0 Å². The van der Waals surface area contributed by atoms with Crippen molar-refractivity contribution in [3.63, 3.8) is 0 Å². The lowest BCUT2D eigenvalue weighted by atomic mass is 10.2. The normalized spacial score (nSPS) is 14.9. The number of amides is 1. The molecule has 1 aliphatic carbocycles. The van der Waals surface area contributed by atoms with Crippen LogP contribution in [0, 0.1) is 0 Å². The first-order valence-corrected chi connectivity index (χ1v) is 6.29. The van der Waals surface area contributed by atoms with Crippen molar-refractivity contribution in [2.24, 2.45) is 0 Å². The maximum absolute atomic E-state index is 11.8. The highest BCUT2D eigenvalue weighted by atomic mass is 35.5. The van der Waals surface area contributed by atoms with E-state index in [2.05, 4.69) is 29.2 Å². The van der Waals surface area contributed by atoms with Crippen LogP contribution in [0.25, 0.3) is 0 Å². The van der Waals surface area contributed by atoms with E-state index in [9.17, 15) is 4.79 Å². The molecule has 1 fully saturated rings. The average molecular weight is 321 g/mol. The molecule has 3 N–H and O–H groups in total. The van der Waals surface area contributed by atoms with Crippen LogP contribution < -0.4 is 11.1 Å². The van der Waals surface area contributed by atoms with Crippen LogP contribution in [0.15, 0.2) is 18.3 Å². The molecule has 7 heteroatoms. The second-order valence-electron chi connectivity index (χ2n) is 4.93. The van der Waals surface area contributed by atoms with Gasteiger partial charge in [-0.2, -0.15) is 0 Å². The van der Waals surface area contributed by atoms with Crippen LogP contribution in [0.5, 0.6) is 0 Å².